The second-order valence-electron chi connectivity index (χ2n) is 4.28. The van der Waals surface area contributed by atoms with Gasteiger partial charge in [0.05, 0.1) is 0 Å². The van der Waals surface area contributed by atoms with Crippen molar-refractivity contribution in [2.45, 2.75) is 13.5 Å². The molecule has 2 aromatic carbocycles. The Bertz CT molecular complexity index is 511. The van der Waals surface area contributed by atoms with Crippen LogP contribution in [0.2, 0.25) is 0 Å². The molecule has 0 aliphatic rings. The summed E-state index contributed by atoms with van der Waals surface area (Å²) in [4.78, 5) is 0. The molecule has 0 radical (unpaired) electrons. The summed E-state index contributed by atoms with van der Waals surface area (Å²) in [5.74, 6) is -0.151. The van der Waals surface area contributed by atoms with E-state index in [0.29, 0.717) is 5.39 Å². The molecule has 0 spiro atoms. The molecule has 3 heteroatoms. The van der Waals surface area contributed by atoms with Crippen LogP contribution < -0.4 is 10.6 Å². The number of likely N-dealkylation sites (N-methyl/N-ethyl adjacent to an activating group) is 1. The van der Waals surface area contributed by atoms with Crippen LogP contribution in [0, 0.1) is 5.82 Å². The van der Waals surface area contributed by atoms with Gasteiger partial charge in [0, 0.05) is 25.0 Å². The number of nitrogens with one attached hydrogen (secondary N) is 2. The van der Waals surface area contributed by atoms with Crippen LogP contribution in [-0.2, 0) is 6.54 Å². The molecular weight excluding hydrogens is 227 g/mol. The predicted octanol–water partition coefficient (Wildman–Crippen LogP) is 2.68. The molecule has 0 amide bonds. The van der Waals surface area contributed by atoms with Gasteiger partial charge in [0.15, 0.2) is 0 Å². The van der Waals surface area contributed by atoms with E-state index in [0.717, 1.165) is 37.1 Å². The molecule has 0 unspecified atom stereocenters. The van der Waals surface area contributed by atoms with Gasteiger partial charge in [0.2, 0.25) is 0 Å². The van der Waals surface area contributed by atoms with Crippen LogP contribution in [0.1, 0.15) is 12.5 Å². The summed E-state index contributed by atoms with van der Waals surface area (Å²) in [5, 5.41) is 8.31. The van der Waals surface area contributed by atoms with Crippen LogP contribution in [0.5, 0.6) is 0 Å². The zero-order valence-corrected chi connectivity index (χ0v) is 10.7. The molecule has 0 aromatic heterocycles. The summed E-state index contributed by atoms with van der Waals surface area (Å²) in [5.41, 5.74) is 1.14. The zero-order chi connectivity index (χ0) is 12.8. The van der Waals surface area contributed by atoms with Gasteiger partial charge in [0.25, 0.3) is 0 Å². The highest BCUT2D eigenvalue weighted by Crippen LogP contribution is 2.21. The molecule has 0 aliphatic carbocycles. The van der Waals surface area contributed by atoms with E-state index in [1.54, 1.807) is 6.07 Å². The van der Waals surface area contributed by atoms with Gasteiger partial charge in [-0.1, -0.05) is 37.3 Å². The molecule has 2 aromatic rings. The van der Waals surface area contributed by atoms with Gasteiger partial charge in [-0.25, -0.2) is 4.39 Å². The summed E-state index contributed by atoms with van der Waals surface area (Å²) >= 11 is 0. The van der Waals surface area contributed by atoms with E-state index in [4.69, 9.17) is 0 Å². The van der Waals surface area contributed by atoms with Crippen molar-refractivity contribution in [3.05, 3.63) is 47.8 Å². The van der Waals surface area contributed by atoms with Crippen molar-refractivity contribution < 1.29 is 4.39 Å². The van der Waals surface area contributed by atoms with E-state index in [-0.39, 0.29) is 5.82 Å². The molecule has 0 heterocycles. The number of benzene rings is 2. The topological polar surface area (TPSA) is 24.1 Å². The fourth-order valence-corrected chi connectivity index (χ4v) is 2.06. The average Bonchev–Trinajstić information content (AvgIpc) is 2.41. The van der Waals surface area contributed by atoms with Crippen LogP contribution >= 0.6 is 0 Å². The summed E-state index contributed by atoms with van der Waals surface area (Å²) in [7, 11) is 0. The average molecular weight is 246 g/mol. The monoisotopic (exact) mass is 246 g/mol. The van der Waals surface area contributed by atoms with Crippen molar-refractivity contribution in [3.8, 4) is 0 Å². The van der Waals surface area contributed by atoms with E-state index in [1.807, 2.05) is 30.3 Å². The Morgan fingerprint density at radius 3 is 2.44 bits per heavy atom. The minimum absolute atomic E-state index is 0.151. The molecule has 2 nitrogen and oxygen atoms in total. The van der Waals surface area contributed by atoms with Crippen LogP contribution in [0.15, 0.2) is 36.4 Å². The van der Waals surface area contributed by atoms with Gasteiger partial charge < -0.3 is 10.6 Å². The zero-order valence-electron chi connectivity index (χ0n) is 10.7. The molecule has 0 fully saturated rings. The molecule has 2 rings (SSSR count). The molecular formula is C15H19FN2. The first-order valence-electron chi connectivity index (χ1n) is 6.40. The highest BCUT2D eigenvalue weighted by Gasteiger charge is 2.04. The number of fused-ring (bicyclic) bond motifs is 1. The SMILES string of the molecule is CCNCCNCc1ccc(F)c2ccccc12. The highest BCUT2D eigenvalue weighted by atomic mass is 19.1. The Labute approximate surface area is 107 Å². The maximum atomic E-state index is 13.6. The second kappa shape index (κ2) is 6.47. The minimum Gasteiger partial charge on any atom is -0.316 e. The fraction of sp³-hybridized carbons (Fsp3) is 0.333. The molecule has 0 atom stereocenters. The standard InChI is InChI=1S/C15H19FN2/c1-2-17-9-10-18-11-12-7-8-15(16)14-6-4-3-5-13(12)14/h3-8,17-18H,2,9-11H2,1H3. The van der Waals surface area contributed by atoms with Gasteiger partial charge in [-0.05, 0) is 23.6 Å². The van der Waals surface area contributed by atoms with E-state index < -0.39 is 0 Å². The quantitative estimate of drug-likeness (QED) is 0.766. The normalized spacial score (nSPS) is 11.0. The summed E-state index contributed by atoms with van der Waals surface area (Å²) in [6.45, 7) is 5.72. The Kier molecular flexibility index (Phi) is 4.67. The Morgan fingerprint density at radius 2 is 1.67 bits per heavy atom. The third-order valence-corrected chi connectivity index (χ3v) is 3.01. The molecule has 0 saturated carbocycles. The molecule has 18 heavy (non-hydrogen) atoms. The van der Waals surface area contributed by atoms with Gasteiger partial charge in [-0.3, -0.25) is 0 Å². The van der Waals surface area contributed by atoms with Crippen LogP contribution in [0.25, 0.3) is 10.8 Å². The minimum atomic E-state index is -0.151. The van der Waals surface area contributed by atoms with Crippen molar-refractivity contribution in [2.24, 2.45) is 0 Å². The lowest BCUT2D eigenvalue weighted by Gasteiger charge is -2.09. The van der Waals surface area contributed by atoms with Crippen molar-refractivity contribution in [2.75, 3.05) is 19.6 Å². The Hall–Kier alpha value is -1.45. The molecule has 0 aliphatic heterocycles. The maximum absolute atomic E-state index is 13.6. The van der Waals surface area contributed by atoms with Gasteiger partial charge >= 0.3 is 0 Å². The largest absolute Gasteiger partial charge is 0.316 e. The summed E-state index contributed by atoms with van der Waals surface area (Å²) in [6, 6.07) is 11.0. The second-order valence-corrected chi connectivity index (χ2v) is 4.28. The summed E-state index contributed by atoms with van der Waals surface area (Å²) < 4.78 is 13.6. The van der Waals surface area contributed by atoms with Crippen LogP contribution in [-0.4, -0.2) is 19.6 Å². The van der Waals surface area contributed by atoms with Crippen molar-refractivity contribution in [3.63, 3.8) is 0 Å². The molecule has 0 saturated heterocycles. The van der Waals surface area contributed by atoms with Crippen molar-refractivity contribution in [1.29, 1.82) is 0 Å². The van der Waals surface area contributed by atoms with Crippen molar-refractivity contribution in [1.82, 2.24) is 10.6 Å². The van der Waals surface area contributed by atoms with Crippen molar-refractivity contribution >= 4 is 10.8 Å². The lowest BCUT2D eigenvalue weighted by molar-refractivity contribution is 0.623. The van der Waals surface area contributed by atoms with E-state index in [1.165, 1.54) is 0 Å². The smallest absolute Gasteiger partial charge is 0.131 e. The molecule has 96 valence electrons. The lowest BCUT2D eigenvalue weighted by Crippen LogP contribution is -2.26. The predicted molar refractivity (Wildman–Crippen MR) is 74.2 cm³/mol. The van der Waals surface area contributed by atoms with E-state index in [2.05, 4.69) is 17.6 Å². The maximum Gasteiger partial charge on any atom is 0.131 e. The Morgan fingerprint density at radius 1 is 0.944 bits per heavy atom. The van der Waals surface area contributed by atoms with Crippen LogP contribution in [0.4, 0.5) is 4.39 Å². The number of rotatable bonds is 6. The number of hydrogen-bond acceptors (Lipinski definition) is 2. The Balaban J connectivity index is 2.07. The summed E-state index contributed by atoms with van der Waals surface area (Å²) in [6.07, 6.45) is 0. The first-order valence-corrected chi connectivity index (χ1v) is 6.40. The number of halogens is 1. The number of hydrogen-bond donors (Lipinski definition) is 2. The first-order chi connectivity index (χ1) is 8.83. The molecule has 2 N–H and O–H groups in total. The van der Waals surface area contributed by atoms with Gasteiger partial charge in [-0.15, -0.1) is 0 Å². The van der Waals surface area contributed by atoms with E-state index in [9.17, 15) is 4.39 Å². The fourth-order valence-electron chi connectivity index (χ4n) is 2.06. The lowest BCUT2D eigenvalue weighted by atomic mass is 10.0. The van der Waals surface area contributed by atoms with Crippen LogP contribution in [0.3, 0.4) is 0 Å². The highest BCUT2D eigenvalue weighted by molar-refractivity contribution is 5.86. The van der Waals surface area contributed by atoms with Gasteiger partial charge in [0.1, 0.15) is 5.82 Å². The first kappa shape index (κ1) is 13.0. The molecule has 0 bridgehead atoms. The third-order valence-electron chi connectivity index (χ3n) is 3.01. The van der Waals surface area contributed by atoms with Gasteiger partial charge in [-0.2, -0.15) is 0 Å². The third kappa shape index (κ3) is 3.06. The van der Waals surface area contributed by atoms with E-state index >= 15 is 0 Å².